The monoisotopic (exact) mass is 519 g/mol. The Labute approximate surface area is 216 Å². The Morgan fingerprint density at radius 2 is 1.78 bits per heavy atom. The van der Waals surface area contributed by atoms with Gasteiger partial charge in [0.25, 0.3) is 10.1 Å². The standard InChI is InChI=1S/C29H26ClNO4S/c1-20(32)27-9-4-3-7-22(27)13-17-29(35-36(2,33)34)24-8-5-6-21(18-24)10-15-26-16-12-23-11-14-25(30)19-28(23)31-26/h3-12,14-16,18-19,29H,13,17H2,1-2H3/b15-10+/t29-/m1/s1. The van der Waals surface area contributed by atoms with Crippen LogP contribution in [0, 0.1) is 0 Å². The SMILES string of the molecule is CC(=O)c1ccccc1CC[C@@H](OS(C)(=O)=O)c1cccc(/C=C/c2ccc3ccc(Cl)cc3n2)c1. The fourth-order valence-corrected chi connectivity index (χ4v) is 4.89. The second kappa shape index (κ2) is 11.2. The second-order valence-electron chi connectivity index (χ2n) is 8.62. The molecule has 0 N–H and O–H groups in total. The number of ketones is 1. The molecule has 36 heavy (non-hydrogen) atoms. The first-order valence-electron chi connectivity index (χ1n) is 11.5. The number of pyridine rings is 1. The van der Waals surface area contributed by atoms with Crippen molar-refractivity contribution in [3.05, 3.63) is 112 Å². The average Bonchev–Trinajstić information content (AvgIpc) is 2.84. The smallest absolute Gasteiger partial charge is 0.264 e. The van der Waals surface area contributed by atoms with Crippen molar-refractivity contribution in [3.63, 3.8) is 0 Å². The molecule has 0 bridgehead atoms. The van der Waals surface area contributed by atoms with Crippen molar-refractivity contribution >= 4 is 50.6 Å². The van der Waals surface area contributed by atoms with E-state index in [1.807, 2.05) is 84.9 Å². The van der Waals surface area contributed by atoms with Gasteiger partial charge in [0.05, 0.1) is 17.5 Å². The van der Waals surface area contributed by atoms with Crippen LogP contribution in [0.1, 0.15) is 52.2 Å². The van der Waals surface area contributed by atoms with Gasteiger partial charge in [-0.1, -0.05) is 72.3 Å². The summed E-state index contributed by atoms with van der Waals surface area (Å²) in [6.07, 6.45) is 5.08. The van der Waals surface area contributed by atoms with Gasteiger partial charge in [-0.15, -0.1) is 0 Å². The van der Waals surface area contributed by atoms with Gasteiger partial charge in [0.15, 0.2) is 5.78 Å². The maximum absolute atomic E-state index is 12.0. The van der Waals surface area contributed by atoms with E-state index in [9.17, 15) is 13.2 Å². The third-order valence-corrected chi connectivity index (χ3v) is 6.59. The number of hydrogen-bond acceptors (Lipinski definition) is 5. The minimum absolute atomic E-state index is 0.0251. The van der Waals surface area contributed by atoms with Gasteiger partial charge in [-0.05, 0) is 66.8 Å². The van der Waals surface area contributed by atoms with Gasteiger partial charge in [-0.25, -0.2) is 4.98 Å². The number of nitrogens with zero attached hydrogens (tertiary/aromatic N) is 1. The lowest BCUT2D eigenvalue weighted by Crippen LogP contribution is -2.12. The van der Waals surface area contributed by atoms with E-state index in [-0.39, 0.29) is 5.78 Å². The number of aromatic nitrogens is 1. The fraction of sp³-hybridized carbons (Fsp3) is 0.172. The summed E-state index contributed by atoms with van der Waals surface area (Å²) in [4.78, 5) is 16.6. The normalized spacial score (nSPS) is 12.8. The quantitative estimate of drug-likeness (QED) is 0.177. The molecule has 0 spiro atoms. The van der Waals surface area contributed by atoms with Crippen molar-refractivity contribution in [1.29, 1.82) is 0 Å². The molecule has 0 amide bonds. The maximum Gasteiger partial charge on any atom is 0.264 e. The first kappa shape index (κ1) is 25.8. The van der Waals surface area contributed by atoms with Crippen LogP contribution in [0.15, 0.2) is 78.9 Å². The first-order chi connectivity index (χ1) is 17.2. The zero-order valence-electron chi connectivity index (χ0n) is 20.0. The van der Waals surface area contributed by atoms with Crippen LogP contribution < -0.4 is 0 Å². The fourth-order valence-electron chi connectivity index (χ4n) is 4.09. The van der Waals surface area contributed by atoms with Crippen LogP contribution >= 0.6 is 11.6 Å². The van der Waals surface area contributed by atoms with Gasteiger partial charge in [0.2, 0.25) is 0 Å². The van der Waals surface area contributed by atoms with E-state index in [0.29, 0.717) is 23.4 Å². The summed E-state index contributed by atoms with van der Waals surface area (Å²) >= 11 is 6.10. The van der Waals surface area contributed by atoms with E-state index in [2.05, 4.69) is 4.98 Å². The maximum atomic E-state index is 12.0. The van der Waals surface area contributed by atoms with E-state index in [1.165, 1.54) is 6.92 Å². The highest BCUT2D eigenvalue weighted by molar-refractivity contribution is 7.86. The number of benzene rings is 3. The van der Waals surface area contributed by atoms with E-state index < -0.39 is 16.2 Å². The van der Waals surface area contributed by atoms with Crippen LogP contribution in [0.2, 0.25) is 5.02 Å². The average molecular weight is 520 g/mol. The van der Waals surface area contributed by atoms with E-state index >= 15 is 0 Å². The first-order valence-corrected chi connectivity index (χ1v) is 13.7. The number of fused-ring (bicyclic) bond motifs is 1. The molecule has 3 aromatic carbocycles. The summed E-state index contributed by atoms with van der Waals surface area (Å²) in [6.45, 7) is 1.53. The molecule has 1 aromatic heterocycles. The number of halogens is 1. The summed E-state index contributed by atoms with van der Waals surface area (Å²) in [5.41, 5.74) is 4.71. The molecule has 5 nitrogen and oxygen atoms in total. The number of hydrogen-bond donors (Lipinski definition) is 0. The van der Waals surface area contributed by atoms with Crippen LogP contribution in [0.4, 0.5) is 0 Å². The topological polar surface area (TPSA) is 73.3 Å². The van der Waals surface area contributed by atoms with Crippen LogP contribution in [0.25, 0.3) is 23.1 Å². The highest BCUT2D eigenvalue weighted by atomic mass is 35.5. The number of carbonyl (C=O) groups excluding carboxylic acids is 1. The predicted octanol–water partition coefficient (Wildman–Crippen LogP) is 6.91. The van der Waals surface area contributed by atoms with E-state index in [4.69, 9.17) is 15.8 Å². The number of rotatable bonds is 9. The molecule has 1 heterocycles. The largest absolute Gasteiger partial charge is 0.295 e. The number of aryl methyl sites for hydroxylation is 1. The summed E-state index contributed by atoms with van der Waals surface area (Å²) in [6, 6.07) is 24.4. The number of carbonyl (C=O) groups is 1. The zero-order chi connectivity index (χ0) is 25.7. The Kier molecular flexibility index (Phi) is 7.99. The highest BCUT2D eigenvalue weighted by Gasteiger charge is 2.19. The molecule has 0 unspecified atom stereocenters. The van der Waals surface area contributed by atoms with Crippen molar-refractivity contribution in [3.8, 4) is 0 Å². The van der Waals surface area contributed by atoms with Crippen molar-refractivity contribution in [2.75, 3.05) is 6.26 Å². The summed E-state index contributed by atoms with van der Waals surface area (Å²) in [7, 11) is -3.70. The Morgan fingerprint density at radius 3 is 2.56 bits per heavy atom. The van der Waals surface area contributed by atoms with E-state index in [1.54, 1.807) is 6.07 Å². The molecular weight excluding hydrogens is 494 g/mol. The van der Waals surface area contributed by atoms with Crippen molar-refractivity contribution in [2.24, 2.45) is 0 Å². The molecule has 4 aromatic rings. The van der Waals surface area contributed by atoms with Crippen LogP contribution in [-0.2, 0) is 20.7 Å². The van der Waals surface area contributed by atoms with E-state index in [0.717, 1.165) is 39.5 Å². The van der Waals surface area contributed by atoms with Crippen molar-refractivity contribution in [1.82, 2.24) is 4.98 Å². The zero-order valence-corrected chi connectivity index (χ0v) is 21.6. The third kappa shape index (κ3) is 6.88. The van der Waals surface area contributed by atoms with Gasteiger partial charge in [0.1, 0.15) is 6.10 Å². The summed E-state index contributed by atoms with van der Waals surface area (Å²) in [5, 5.41) is 1.64. The molecule has 7 heteroatoms. The Morgan fingerprint density at radius 1 is 1.00 bits per heavy atom. The highest BCUT2D eigenvalue weighted by Crippen LogP contribution is 2.27. The Balaban J connectivity index is 1.58. The molecule has 0 saturated carbocycles. The number of Topliss-reactive ketones (excluding diaryl/α,β-unsaturated/α-hetero) is 1. The van der Waals surface area contributed by atoms with Gasteiger partial charge in [-0.2, -0.15) is 8.42 Å². The van der Waals surface area contributed by atoms with Crippen molar-refractivity contribution < 1.29 is 17.4 Å². The lowest BCUT2D eigenvalue weighted by molar-refractivity contribution is 0.101. The minimum atomic E-state index is -3.70. The second-order valence-corrected chi connectivity index (χ2v) is 10.7. The molecule has 1 atom stereocenters. The van der Waals surface area contributed by atoms with Gasteiger partial charge in [0, 0.05) is 16.0 Å². The molecule has 0 aliphatic rings. The summed E-state index contributed by atoms with van der Waals surface area (Å²) < 4.78 is 29.5. The molecule has 0 radical (unpaired) electrons. The van der Waals surface area contributed by atoms with Crippen LogP contribution in [0.3, 0.4) is 0 Å². The molecule has 4 rings (SSSR count). The van der Waals surface area contributed by atoms with Gasteiger partial charge in [-0.3, -0.25) is 8.98 Å². The molecule has 0 aliphatic carbocycles. The predicted molar refractivity (Wildman–Crippen MR) is 146 cm³/mol. The molecule has 184 valence electrons. The van der Waals surface area contributed by atoms with Crippen LogP contribution in [-0.4, -0.2) is 25.4 Å². The van der Waals surface area contributed by atoms with Gasteiger partial charge >= 0.3 is 0 Å². The van der Waals surface area contributed by atoms with Gasteiger partial charge < -0.3 is 0 Å². The Hall–Kier alpha value is -3.32. The lowest BCUT2D eigenvalue weighted by atomic mass is 9.96. The lowest BCUT2D eigenvalue weighted by Gasteiger charge is -2.18. The van der Waals surface area contributed by atoms with Crippen LogP contribution in [0.5, 0.6) is 0 Å². The molecular formula is C29H26ClNO4S. The third-order valence-electron chi connectivity index (χ3n) is 5.77. The molecule has 0 saturated heterocycles. The Bertz CT molecular complexity index is 1550. The summed E-state index contributed by atoms with van der Waals surface area (Å²) in [5.74, 6) is -0.0251. The van der Waals surface area contributed by atoms with Crippen molar-refractivity contribution in [2.45, 2.75) is 25.9 Å². The molecule has 0 fully saturated rings. The molecule has 0 aliphatic heterocycles. The minimum Gasteiger partial charge on any atom is -0.295 e.